The first-order valence-corrected chi connectivity index (χ1v) is 5.82. The van der Waals surface area contributed by atoms with Gasteiger partial charge in [0.1, 0.15) is 11.7 Å². The Morgan fingerprint density at radius 1 is 0.944 bits per heavy atom. The number of fused-ring (bicyclic) bond motifs is 1. The van der Waals surface area contributed by atoms with Crippen LogP contribution in [0.25, 0.3) is 11.0 Å². The molecule has 3 aromatic rings. The molecule has 0 N–H and O–H groups in total. The average Bonchev–Trinajstić information content (AvgIpc) is 2.82. The molecule has 0 aliphatic heterocycles. The first-order chi connectivity index (χ1) is 8.85. The van der Waals surface area contributed by atoms with Crippen LogP contribution in [-0.2, 0) is 6.42 Å². The van der Waals surface area contributed by atoms with Crippen LogP contribution < -0.4 is 0 Å². The van der Waals surface area contributed by atoms with Crippen LogP contribution in [-0.4, -0.2) is 0 Å². The fourth-order valence-corrected chi connectivity index (χ4v) is 2.09. The molecule has 0 atom stereocenters. The van der Waals surface area contributed by atoms with Crippen molar-refractivity contribution in [2.45, 2.75) is 6.42 Å². The molecule has 0 fully saturated rings. The van der Waals surface area contributed by atoms with E-state index >= 15 is 0 Å². The molecule has 0 unspecified atom stereocenters. The van der Waals surface area contributed by atoms with E-state index in [0.29, 0.717) is 5.76 Å². The second-order valence-electron chi connectivity index (χ2n) is 4.26. The first-order valence-electron chi connectivity index (χ1n) is 5.82. The number of furan rings is 1. The number of rotatable bonds is 2. The molecule has 0 amide bonds. The largest absolute Gasteiger partial charge is 0.446 e. The van der Waals surface area contributed by atoms with E-state index in [2.05, 4.69) is 18.2 Å². The molecule has 0 saturated heterocycles. The van der Waals surface area contributed by atoms with Crippen LogP contribution in [0.3, 0.4) is 0 Å². The lowest BCUT2D eigenvalue weighted by atomic mass is 10.0. The SMILES string of the molecule is N#Cc1cc2cc(Cc3ccccc3)ccc2o1. The Bertz CT molecular complexity index is 720. The Hall–Kier alpha value is -2.53. The van der Waals surface area contributed by atoms with Crippen LogP contribution in [0.5, 0.6) is 0 Å². The number of hydrogen-bond donors (Lipinski definition) is 0. The maximum Gasteiger partial charge on any atom is 0.204 e. The molecule has 86 valence electrons. The van der Waals surface area contributed by atoms with Gasteiger partial charge in [-0.15, -0.1) is 0 Å². The van der Waals surface area contributed by atoms with Gasteiger partial charge in [0.25, 0.3) is 0 Å². The molecule has 0 aliphatic rings. The Morgan fingerprint density at radius 3 is 2.56 bits per heavy atom. The van der Waals surface area contributed by atoms with Crippen molar-refractivity contribution in [2.24, 2.45) is 0 Å². The van der Waals surface area contributed by atoms with E-state index in [0.717, 1.165) is 17.4 Å². The normalized spacial score (nSPS) is 10.4. The number of nitrogens with zero attached hydrogens (tertiary/aromatic N) is 1. The van der Waals surface area contributed by atoms with E-state index in [9.17, 15) is 0 Å². The lowest BCUT2D eigenvalue weighted by Crippen LogP contribution is -1.86. The summed E-state index contributed by atoms with van der Waals surface area (Å²) in [5.41, 5.74) is 3.27. The van der Waals surface area contributed by atoms with Gasteiger partial charge in [-0.2, -0.15) is 5.26 Å². The summed E-state index contributed by atoms with van der Waals surface area (Å²) in [5, 5.41) is 9.79. The Kier molecular flexibility index (Phi) is 2.59. The summed E-state index contributed by atoms with van der Waals surface area (Å²) in [7, 11) is 0. The molecule has 0 saturated carbocycles. The second kappa shape index (κ2) is 4.38. The molecule has 0 radical (unpaired) electrons. The predicted molar refractivity (Wildman–Crippen MR) is 70.2 cm³/mol. The van der Waals surface area contributed by atoms with Crippen molar-refractivity contribution < 1.29 is 4.42 Å². The zero-order chi connectivity index (χ0) is 12.4. The molecule has 2 aromatic carbocycles. The fourth-order valence-electron chi connectivity index (χ4n) is 2.09. The zero-order valence-corrected chi connectivity index (χ0v) is 9.76. The van der Waals surface area contributed by atoms with Crippen molar-refractivity contribution in [3.05, 3.63) is 71.5 Å². The maximum absolute atomic E-state index is 8.80. The third-order valence-corrected chi connectivity index (χ3v) is 2.94. The van der Waals surface area contributed by atoms with E-state index < -0.39 is 0 Å². The van der Waals surface area contributed by atoms with Crippen LogP contribution in [0, 0.1) is 11.3 Å². The van der Waals surface area contributed by atoms with Crippen molar-refractivity contribution in [3.63, 3.8) is 0 Å². The highest BCUT2D eigenvalue weighted by molar-refractivity contribution is 5.79. The molecule has 0 aliphatic carbocycles. The van der Waals surface area contributed by atoms with Crippen LogP contribution in [0.1, 0.15) is 16.9 Å². The van der Waals surface area contributed by atoms with Gasteiger partial charge in [0.15, 0.2) is 0 Å². The van der Waals surface area contributed by atoms with E-state index in [1.165, 1.54) is 11.1 Å². The van der Waals surface area contributed by atoms with Crippen molar-refractivity contribution in [1.29, 1.82) is 5.26 Å². The van der Waals surface area contributed by atoms with Crippen molar-refractivity contribution >= 4 is 11.0 Å². The van der Waals surface area contributed by atoms with E-state index in [-0.39, 0.29) is 0 Å². The smallest absolute Gasteiger partial charge is 0.204 e. The van der Waals surface area contributed by atoms with Crippen LogP contribution in [0.15, 0.2) is 59.0 Å². The molecule has 18 heavy (non-hydrogen) atoms. The molecule has 1 heterocycles. The number of nitriles is 1. The molecule has 2 nitrogen and oxygen atoms in total. The lowest BCUT2D eigenvalue weighted by molar-refractivity contribution is 0.599. The Morgan fingerprint density at radius 2 is 1.78 bits per heavy atom. The molecular formula is C16H11NO. The molecular weight excluding hydrogens is 222 g/mol. The second-order valence-corrected chi connectivity index (χ2v) is 4.26. The summed E-state index contributed by atoms with van der Waals surface area (Å²) in [6.45, 7) is 0. The Balaban J connectivity index is 1.96. The summed E-state index contributed by atoms with van der Waals surface area (Å²) in [6.07, 6.45) is 0.893. The van der Waals surface area contributed by atoms with E-state index in [1.807, 2.05) is 36.4 Å². The van der Waals surface area contributed by atoms with Gasteiger partial charge in [0.2, 0.25) is 5.76 Å². The summed E-state index contributed by atoms with van der Waals surface area (Å²) in [6, 6.07) is 20.2. The maximum atomic E-state index is 8.80. The minimum atomic E-state index is 0.363. The highest BCUT2D eigenvalue weighted by Crippen LogP contribution is 2.21. The van der Waals surface area contributed by atoms with Crippen LogP contribution >= 0.6 is 0 Å². The monoisotopic (exact) mass is 233 g/mol. The van der Waals surface area contributed by atoms with Crippen molar-refractivity contribution in [1.82, 2.24) is 0 Å². The van der Waals surface area contributed by atoms with Crippen molar-refractivity contribution in [2.75, 3.05) is 0 Å². The number of hydrogen-bond acceptors (Lipinski definition) is 2. The third-order valence-electron chi connectivity index (χ3n) is 2.94. The fraction of sp³-hybridized carbons (Fsp3) is 0.0625. The summed E-state index contributed by atoms with van der Waals surface area (Å²) in [4.78, 5) is 0. The van der Waals surface area contributed by atoms with E-state index in [4.69, 9.17) is 9.68 Å². The Labute approximate surface area is 105 Å². The zero-order valence-electron chi connectivity index (χ0n) is 9.76. The van der Waals surface area contributed by atoms with Gasteiger partial charge < -0.3 is 4.42 Å². The highest BCUT2D eigenvalue weighted by atomic mass is 16.3. The van der Waals surface area contributed by atoms with Crippen molar-refractivity contribution in [3.8, 4) is 6.07 Å². The van der Waals surface area contributed by atoms with Crippen LogP contribution in [0.4, 0.5) is 0 Å². The lowest BCUT2D eigenvalue weighted by Gasteiger charge is -2.01. The highest BCUT2D eigenvalue weighted by Gasteiger charge is 2.04. The minimum absolute atomic E-state index is 0.363. The summed E-state index contributed by atoms with van der Waals surface area (Å²) in [5.74, 6) is 0.363. The molecule has 0 spiro atoms. The molecule has 0 bridgehead atoms. The molecule has 3 rings (SSSR count). The predicted octanol–water partition coefficient (Wildman–Crippen LogP) is 3.90. The number of benzene rings is 2. The standard InChI is InChI=1S/C16H11NO/c17-11-15-10-14-9-13(6-7-16(14)18-15)8-12-4-2-1-3-5-12/h1-7,9-10H,8H2. The third kappa shape index (κ3) is 1.99. The van der Waals surface area contributed by atoms with Gasteiger partial charge in [0, 0.05) is 11.5 Å². The van der Waals surface area contributed by atoms with Gasteiger partial charge in [0.05, 0.1) is 0 Å². The van der Waals surface area contributed by atoms with Gasteiger partial charge in [-0.1, -0.05) is 36.4 Å². The average molecular weight is 233 g/mol. The topological polar surface area (TPSA) is 36.9 Å². The van der Waals surface area contributed by atoms with E-state index in [1.54, 1.807) is 6.07 Å². The van der Waals surface area contributed by atoms with Gasteiger partial charge in [-0.05, 0) is 29.7 Å². The minimum Gasteiger partial charge on any atom is -0.446 e. The van der Waals surface area contributed by atoms with Gasteiger partial charge in [-0.25, -0.2) is 0 Å². The quantitative estimate of drug-likeness (QED) is 0.673. The summed E-state index contributed by atoms with van der Waals surface area (Å²) >= 11 is 0. The molecule has 2 heteroatoms. The molecule has 1 aromatic heterocycles. The van der Waals surface area contributed by atoms with Gasteiger partial charge >= 0.3 is 0 Å². The first kappa shape index (κ1) is 10.6. The summed E-state index contributed by atoms with van der Waals surface area (Å²) < 4.78 is 5.36. The van der Waals surface area contributed by atoms with Gasteiger partial charge in [-0.3, -0.25) is 0 Å². The van der Waals surface area contributed by atoms with Crippen LogP contribution in [0.2, 0.25) is 0 Å².